The summed E-state index contributed by atoms with van der Waals surface area (Å²) in [5, 5.41) is 3.60. The van der Waals surface area contributed by atoms with Crippen LogP contribution in [0.3, 0.4) is 0 Å². The Bertz CT molecular complexity index is 265. The zero-order valence-electron chi connectivity index (χ0n) is 10.1. The fraction of sp³-hybridized carbons (Fsp3) is 0.769. The molecule has 2 bridgehead atoms. The highest BCUT2D eigenvalue weighted by Crippen LogP contribution is 2.29. The van der Waals surface area contributed by atoms with Crippen LogP contribution in [-0.4, -0.2) is 36.0 Å². The Labute approximate surface area is 97.9 Å². The van der Waals surface area contributed by atoms with Crippen LogP contribution in [0.1, 0.15) is 38.5 Å². The van der Waals surface area contributed by atoms with Gasteiger partial charge in [0.15, 0.2) is 0 Å². The normalized spacial score (nSPS) is 32.4. The van der Waals surface area contributed by atoms with E-state index < -0.39 is 0 Å². The van der Waals surface area contributed by atoms with Crippen molar-refractivity contribution in [2.24, 2.45) is 0 Å². The van der Waals surface area contributed by atoms with Crippen molar-refractivity contribution in [3.05, 3.63) is 12.7 Å². The number of allylic oxidation sites excluding steroid dienone is 1. The van der Waals surface area contributed by atoms with Crippen LogP contribution in [0.25, 0.3) is 0 Å². The molecule has 1 amide bonds. The Balaban J connectivity index is 1.87. The molecule has 0 aromatic rings. The van der Waals surface area contributed by atoms with Gasteiger partial charge in [0, 0.05) is 31.6 Å². The Morgan fingerprint density at radius 2 is 2.06 bits per heavy atom. The monoisotopic (exact) mass is 222 g/mol. The van der Waals surface area contributed by atoms with Gasteiger partial charge >= 0.3 is 0 Å². The van der Waals surface area contributed by atoms with Crippen molar-refractivity contribution >= 4 is 5.91 Å². The van der Waals surface area contributed by atoms with Gasteiger partial charge in [0.2, 0.25) is 5.91 Å². The second-order valence-corrected chi connectivity index (χ2v) is 5.10. The Morgan fingerprint density at radius 1 is 1.44 bits per heavy atom. The number of rotatable bonds is 4. The first-order valence-corrected chi connectivity index (χ1v) is 6.33. The third-order valence-corrected chi connectivity index (χ3v) is 3.95. The van der Waals surface area contributed by atoms with Gasteiger partial charge in [-0.25, -0.2) is 0 Å². The smallest absolute Gasteiger partial charge is 0.222 e. The number of hydrogen-bond acceptors (Lipinski definition) is 2. The molecule has 0 saturated carbocycles. The standard InChI is InChI=1S/C13H22N2O/c1-3-4-5-13(16)15(2)12-8-10-6-7-11(9-12)14-10/h3,10-12,14H,1,4-9H2,2H3. The van der Waals surface area contributed by atoms with Crippen LogP contribution in [0.4, 0.5) is 0 Å². The molecule has 2 saturated heterocycles. The Morgan fingerprint density at radius 3 is 2.62 bits per heavy atom. The summed E-state index contributed by atoms with van der Waals surface area (Å²) in [4.78, 5) is 13.9. The lowest BCUT2D eigenvalue weighted by molar-refractivity contribution is -0.132. The second kappa shape index (κ2) is 5.00. The predicted octanol–water partition coefficient (Wildman–Crippen LogP) is 1.69. The molecule has 0 spiro atoms. The summed E-state index contributed by atoms with van der Waals surface area (Å²) in [6, 6.07) is 1.76. The lowest BCUT2D eigenvalue weighted by atomic mass is 9.98. The topological polar surface area (TPSA) is 32.3 Å². The van der Waals surface area contributed by atoms with Gasteiger partial charge < -0.3 is 10.2 Å². The summed E-state index contributed by atoms with van der Waals surface area (Å²) < 4.78 is 0. The molecular weight excluding hydrogens is 200 g/mol. The van der Waals surface area contributed by atoms with Crippen molar-refractivity contribution in [1.82, 2.24) is 10.2 Å². The molecule has 90 valence electrons. The molecule has 3 nitrogen and oxygen atoms in total. The highest BCUT2D eigenvalue weighted by atomic mass is 16.2. The highest BCUT2D eigenvalue weighted by Gasteiger charge is 2.35. The van der Waals surface area contributed by atoms with Crippen LogP contribution >= 0.6 is 0 Å². The van der Waals surface area contributed by atoms with Gasteiger partial charge in [0.25, 0.3) is 0 Å². The quantitative estimate of drug-likeness (QED) is 0.734. The van der Waals surface area contributed by atoms with E-state index in [4.69, 9.17) is 0 Å². The maximum absolute atomic E-state index is 11.9. The van der Waals surface area contributed by atoms with Crippen LogP contribution in [0.2, 0.25) is 0 Å². The van der Waals surface area contributed by atoms with Crippen LogP contribution in [0.5, 0.6) is 0 Å². The van der Waals surface area contributed by atoms with E-state index in [2.05, 4.69) is 11.9 Å². The molecule has 2 heterocycles. The molecule has 3 heteroatoms. The number of fused-ring (bicyclic) bond motifs is 2. The summed E-state index contributed by atoms with van der Waals surface area (Å²) in [5.41, 5.74) is 0. The third-order valence-electron chi connectivity index (χ3n) is 3.95. The van der Waals surface area contributed by atoms with E-state index in [1.54, 1.807) is 0 Å². The van der Waals surface area contributed by atoms with Gasteiger partial charge in [0.05, 0.1) is 0 Å². The van der Waals surface area contributed by atoms with E-state index in [9.17, 15) is 4.79 Å². The second-order valence-electron chi connectivity index (χ2n) is 5.10. The third kappa shape index (κ3) is 2.46. The minimum atomic E-state index is 0.270. The first kappa shape index (κ1) is 11.6. The highest BCUT2D eigenvalue weighted by molar-refractivity contribution is 5.76. The molecule has 0 aliphatic carbocycles. The first-order valence-electron chi connectivity index (χ1n) is 6.33. The van der Waals surface area contributed by atoms with Gasteiger partial charge in [-0.15, -0.1) is 6.58 Å². The van der Waals surface area contributed by atoms with Crippen LogP contribution in [-0.2, 0) is 4.79 Å². The Kier molecular flexibility index (Phi) is 3.64. The molecule has 2 unspecified atom stereocenters. The summed E-state index contributed by atoms with van der Waals surface area (Å²) >= 11 is 0. The Hall–Kier alpha value is -0.830. The number of nitrogens with one attached hydrogen (secondary N) is 1. The van der Waals surface area contributed by atoms with Crippen molar-refractivity contribution < 1.29 is 4.79 Å². The van der Waals surface area contributed by atoms with E-state index in [0.29, 0.717) is 24.5 Å². The molecule has 0 radical (unpaired) electrons. The number of amides is 1. The molecule has 16 heavy (non-hydrogen) atoms. The van der Waals surface area contributed by atoms with Gasteiger partial charge in [-0.3, -0.25) is 4.79 Å². The average Bonchev–Trinajstić information content (AvgIpc) is 2.64. The van der Waals surface area contributed by atoms with E-state index in [1.165, 1.54) is 12.8 Å². The van der Waals surface area contributed by atoms with E-state index >= 15 is 0 Å². The van der Waals surface area contributed by atoms with E-state index in [-0.39, 0.29) is 5.91 Å². The zero-order valence-corrected chi connectivity index (χ0v) is 10.1. The van der Waals surface area contributed by atoms with Crippen LogP contribution in [0, 0.1) is 0 Å². The van der Waals surface area contributed by atoms with E-state index in [0.717, 1.165) is 19.3 Å². The lowest BCUT2D eigenvalue weighted by Crippen LogP contribution is -2.48. The van der Waals surface area contributed by atoms with Crippen molar-refractivity contribution in [3.63, 3.8) is 0 Å². The molecule has 0 aromatic heterocycles. The summed E-state index contributed by atoms with van der Waals surface area (Å²) in [5.74, 6) is 0.270. The maximum atomic E-state index is 11.9. The van der Waals surface area contributed by atoms with Crippen LogP contribution < -0.4 is 5.32 Å². The predicted molar refractivity (Wildman–Crippen MR) is 65.2 cm³/mol. The molecule has 1 N–H and O–H groups in total. The summed E-state index contributed by atoms with van der Waals surface area (Å²) in [6.45, 7) is 3.66. The number of nitrogens with zero attached hydrogens (tertiary/aromatic N) is 1. The first-order chi connectivity index (χ1) is 7.70. The lowest BCUT2D eigenvalue weighted by Gasteiger charge is -2.35. The summed E-state index contributed by atoms with van der Waals surface area (Å²) in [7, 11) is 1.96. The maximum Gasteiger partial charge on any atom is 0.222 e. The molecule has 2 aliphatic heterocycles. The number of piperidine rings is 1. The molecule has 2 rings (SSSR count). The molecule has 2 aliphatic rings. The van der Waals surface area contributed by atoms with Crippen molar-refractivity contribution in [2.45, 2.75) is 56.7 Å². The largest absolute Gasteiger partial charge is 0.343 e. The number of carbonyl (C=O) groups excluding carboxylic acids is 1. The fourth-order valence-electron chi connectivity index (χ4n) is 2.95. The van der Waals surface area contributed by atoms with Gasteiger partial charge in [-0.05, 0) is 32.1 Å². The minimum Gasteiger partial charge on any atom is -0.343 e. The van der Waals surface area contributed by atoms with Crippen molar-refractivity contribution in [3.8, 4) is 0 Å². The molecule has 2 atom stereocenters. The average molecular weight is 222 g/mol. The van der Waals surface area contributed by atoms with Gasteiger partial charge in [0.1, 0.15) is 0 Å². The summed E-state index contributed by atoms with van der Waals surface area (Å²) in [6.07, 6.45) is 8.06. The number of hydrogen-bond donors (Lipinski definition) is 1. The minimum absolute atomic E-state index is 0.270. The van der Waals surface area contributed by atoms with Gasteiger partial charge in [-0.1, -0.05) is 6.08 Å². The SMILES string of the molecule is C=CCCC(=O)N(C)C1CC2CCC(C1)N2. The number of carbonyl (C=O) groups is 1. The van der Waals surface area contributed by atoms with Crippen molar-refractivity contribution in [1.29, 1.82) is 0 Å². The fourth-order valence-corrected chi connectivity index (χ4v) is 2.95. The molecule has 2 fully saturated rings. The van der Waals surface area contributed by atoms with Crippen LogP contribution in [0.15, 0.2) is 12.7 Å². The van der Waals surface area contributed by atoms with Crippen molar-refractivity contribution in [2.75, 3.05) is 7.05 Å². The zero-order chi connectivity index (χ0) is 11.5. The molecule has 0 aromatic carbocycles. The van der Waals surface area contributed by atoms with E-state index in [1.807, 2.05) is 18.0 Å². The van der Waals surface area contributed by atoms with Gasteiger partial charge in [-0.2, -0.15) is 0 Å². The molecular formula is C13H22N2O.